The minimum absolute atomic E-state index is 0.175. The van der Waals surface area contributed by atoms with Crippen LogP contribution in [0.2, 0.25) is 50.4 Å². The van der Waals surface area contributed by atoms with Gasteiger partial charge in [-0.1, -0.05) is 91.7 Å². The molecule has 0 aromatic rings. The molecule has 0 aromatic carbocycles. The van der Waals surface area contributed by atoms with Gasteiger partial charge in [-0.3, -0.25) is 9.59 Å². The predicted octanol–water partition coefficient (Wildman–Crippen LogP) is 6.65. The Bertz CT molecular complexity index is 410. The van der Waals surface area contributed by atoms with Crippen LogP contribution in [0, 0.1) is 0 Å². The predicted molar refractivity (Wildman–Crippen MR) is 124 cm³/mol. The van der Waals surface area contributed by atoms with Gasteiger partial charge in [-0.25, -0.2) is 0 Å². The number of carbonyl (C=O) groups excluding carboxylic acids is 2. The lowest BCUT2D eigenvalue weighted by Gasteiger charge is -2.38. The SMILES string of the molecule is CCCCCCOC(=O)[C@@H]([C@H](C(=O)OCCCCCC)[Si](C)(C)C)[Si](C)(C)C. The van der Waals surface area contributed by atoms with Crippen LogP contribution in [0.5, 0.6) is 0 Å². The van der Waals surface area contributed by atoms with E-state index < -0.39 is 16.1 Å². The molecule has 0 unspecified atom stereocenters. The van der Waals surface area contributed by atoms with Crippen LogP contribution in [0.4, 0.5) is 0 Å². The smallest absolute Gasteiger partial charge is 0.306 e. The second-order valence-corrected chi connectivity index (χ2v) is 20.9. The van der Waals surface area contributed by atoms with Crippen molar-refractivity contribution in [3.63, 3.8) is 0 Å². The van der Waals surface area contributed by atoms with Gasteiger partial charge in [-0.2, -0.15) is 0 Å². The van der Waals surface area contributed by atoms with Crippen molar-refractivity contribution in [3.8, 4) is 0 Å². The monoisotopic (exact) mass is 430 g/mol. The van der Waals surface area contributed by atoms with Gasteiger partial charge >= 0.3 is 11.9 Å². The van der Waals surface area contributed by atoms with Crippen molar-refractivity contribution >= 4 is 28.1 Å². The molecular weight excluding hydrogens is 384 g/mol. The van der Waals surface area contributed by atoms with Crippen LogP contribution >= 0.6 is 0 Å². The van der Waals surface area contributed by atoms with Gasteiger partial charge < -0.3 is 9.47 Å². The third-order valence-corrected chi connectivity index (χ3v) is 10.4. The standard InChI is InChI=1S/C22H46O4Si2/c1-9-11-13-15-17-25-21(23)19(27(3,4)5)20(28(6,7)8)22(24)26-18-16-14-12-10-2/h19-20H,9-18H2,1-8H3/t19-,20-/m1/s1. The zero-order valence-corrected chi connectivity index (χ0v) is 21.9. The molecule has 28 heavy (non-hydrogen) atoms. The first-order valence-corrected chi connectivity index (χ1v) is 18.5. The minimum Gasteiger partial charge on any atom is -0.466 e. The maximum atomic E-state index is 13.1. The summed E-state index contributed by atoms with van der Waals surface area (Å²) >= 11 is 0. The normalized spacial score (nSPS) is 14.4. The Morgan fingerprint density at radius 2 is 0.929 bits per heavy atom. The van der Waals surface area contributed by atoms with Crippen molar-refractivity contribution in [1.82, 2.24) is 0 Å². The largest absolute Gasteiger partial charge is 0.466 e. The molecule has 0 N–H and O–H groups in total. The van der Waals surface area contributed by atoms with E-state index in [1.807, 2.05) is 0 Å². The van der Waals surface area contributed by atoms with Gasteiger partial charge in [0.05, 0.1) is 40.4 Å². The summed E-state index contributed by atoms with van der Waals surface area (Å²) in [5.41, 5.74) is -0.651. The summed E-state index contributed by atoms with van der Waals surface area (Å²) < 4.78 is 11.3. The minimum atomic E-state index is -1.96. The number of hydrogen-bond donors (Lipinski definition) is 0. The van der Waals surface area contributed by atoms with Gasteiger partial charge in [0.15, 0.2) is 0 Å². The van der Waals surface area contributed by atoms with Gasteiger partial charge in [-0.05, 0) is 12.8 Å². The van der Waals surface area contributed by atoms with E-state index in [9.17, 15) is 9.59 Å². The van der Waals surface area contributed by atoms with Crippen LogP contribution in [0.3, 0.4) is 0 Å². The number of carbonyl (C=O) groups is 2. The molecule has 0 spiro atoms. The molecule has 0 saturated carbocycles. The molecule has 0 fully saturated rings. The number of hydrogen-bond acceptors (Lipinski definition) is 4. The van der Waals surface area contributed by atoms with Gasteiger partial charge in [-0.15, -0.1) is 0 Å². The Kier molecular flexibility index (Phi) is 13.3. The highest BCUT2D eigenvalue weighted by atomic mass is 28.3. The van der Waals surface area contributed by atoms with E-state index in [0.29, 0.717) is 13.2 Å². The van der Waals surface area contributed by atoms with Crippen molar-refractivity contribution in [2.75, 3.05) is 13.2 Å². The molecule has 4 nitrogen and oxygen atoms in total. The van der Waals surface area contributed by atoms with E-state index in [1.165, 1.54) is 0 Å². The first kappa shape index (κ1) is 27.4. The fraction of sp³-hybridized carbons (Fsp3) is 0.909. The van der Waals surface area contributed by atoms with Crippen LogP contribution in [0.1, 0.15) is 65.2 Å². The molecule has 6 heteroatoms. The molecule has 0 rings (SSSR count). The molecule has 0 aliphatic heterocycles. The second-order valence-electron chi connectivity index (χ2n) is 10.1. The molecule has 2 atom stereocenters. The number of rotatable bonds is 15. The van der Waals surface area contributed by atoms with Crippen molar-refractivity contribution < 1.29 is 19.1 Å². The maximum Gasteiger partial charge on any atom is 0.306 e. The zero-order chi connectivity index (χ0) is 21.8. The van der Waals surface area contributed by atoms with E-state index in [2.05, 4.69) is 53.1 Å². The Morgan fingerprint density at radius 1 is 0.607 bits per heavy atom. The van der Waals surface area contributed by atoms with E-state index in [-0.39, 0.29) is 23.0 Å². The Morgan fingerprint density at radius 3 is 1.18 bits per heavy atom. The first-order chi connectivity index (χ1) is 13.0. The molecule has 0 aliphatic rings. The average Bonchev–Trinajstić information content (AvgIpc) is 2.56. The third kappa shape index (κ3) is 10.8. The quantitative estimate of drug-likeness (QED) is 0.166. The molecule has 0 amide bonds. The van der Waals surface area contributed by atoms with Gasteiger partial charge in [0.25, 0.3) is 0 Å². The van der Waals surface area contributed by atoms with E-state index in [4.69, 9.17) is 9.47 Å². The molecule has 0 aromatic heterocycles. The lowest BCUT2D eigenvalue weighted by atomic mass is 10.2. The van der Waals surface area contributed by atoms with Crippen LogP contribution in [-0.4, -0.2) is 41.3 Å². The first-order valence-electron chi connectivity index (χ1n) is 11.3. The highest BCUT2D eigenvalue weighted by molar-refractivity contribution is 6.87. The summed E-state index contributed by atoms with van der Waals surface area (Å²) in [5, 5.41) is 0. The molecule has 0 aliphatic carbocycles. The lowest BCUT2D eigenvalue weighted by molar-refractivity contribution is -0.150. The topological polar surface area (TPSA) is 52.6 Å². The van der Waals surface area contributed by atoms with Crippen molar-refractivity contribution in [2.45, 2.75) is 116 Å². The van der Waals surface area contributed by atoms with Gasteiger partial charge in [0.1, 0.15) is 0 Å². The van der Waals surface area contributed by atoms with E-state index in [1.54, 1.807) is 0 Å². The molecule has 0 radical (unpaired) electrons. The Hall–Kier alpha value is -0.626. The average molecular weight is 431 g/mol. The second kappa shape index (κ2) is 13.6. The van der Waals surface area contributed by atoms with Crippen LogP contribution in [-0.2, 0) is 19.1 Å². The summed E-state index contributed by atoms with van der Waals surface area (Å²) in [5.74, 6) is -0.350. The fourth-order valence-electron chi connectivity index (χ4n) is 3.56. The summed E-state index contributed by atoms with van der Waals surface area (Å²) in [6, 6.07) is 0. The number of ether oxygens (including phenoxy) is 2. The van der Waals surface area contributed by atoms with Gasteiger partial charge in [0, 0.05) is 0 Å². The zero-order valence-electron chi connectivity index (χ0n) is 19.9. The van der Waals surface area contributed by atoms with Crippen molar-refractivity contribution in [1.29, 1.82) is 0 Å². The summed E-state index contributed by atoms with van der Waals surface area (Å²) in [6.45, 7) is 18.2. The Labute approximate surface area is 176 Å². The maximum absolute atomic E-state index is 13.1. The van der Waals surface area contributed by atoms with Crippen molar-refractivity contribution in [3.05, 3.63) is 0 Å². The van der Waals surface area contributed by atoms with Crippen molar-refractivity contribution in [2.24, 2.45) is 0 Å². The highest BCUT2D eigenvalue weighted by Gasteiger charge is 2.50. The Balaban J connectivity index is 5.17. The summed E-state index contributed by atoms with van der Waals surface area (Å²) in [6.07, 6.45) is 8.61. The molecule has 0 saturated heterocycles. The molecule has 0 heterocycles. The van der Waals surface area contributed by atoms with E-state index >= 15 is 0 Å². The van der Waals surface area contributed by atoms with Crippen LogP contribution < -0.4 is 0 Å². The number of unbranched alkanes of at least 4 members (excludes halogenated alkanes) is 6. The van der Waals surface area contributed by atoms with Gasteiger partial charge in [0.2, 0.25) is 0 Å². The number of esters is 2. The molecule has 166 valence electrons. The van der Waals surface area contributed by atoms with Crippen LogP contribution in [0.15, 0.2) is 0 Å². The summed E-state index contributed by atoms with van der Waals surface area (Å²) in [7, 11) is -3.92. The molecule has 0 bridgehead atoms. The third-order valence-electron chi connectivity index (χ3n) is 5.19. The van der Waals surface area contributed by atoms with E-state index in [0.717, 1.165) is 51.4 Å². The fourth-order valence-corrected chi connectivity index (χ4v) is 10.4. The lowest BCUT2D eigenvalue weighted by Crippen LogP contribution is -2.48. The summed E-state index contributed by atoms with van der Waals surface area (Å²) in [4.78, 5) is 26.1. The highest BCUT2D eigenvalue weighted by Crippen LogP contribution is 2.43. The molecular formula is C22H46O4Si2. The van der Waals surface area contributed by atoms with Crippen LogP contribution in [0.25, 0.3) is 0 Å².